The molecule has 0 aromatic rings. The molecule has 0 radical (unpaired) electrons. The van der Waals surface area contributed by atoms with Crippen LogP contribution in [0.1, 0.15) is 40.5 Å². The van der Waals surface area contributed by atoms with Gasteiger partial charge < -0.3 is 14.6 Å². The summed E-state index contributed by atoms with van der Waals surface area (Å²) in [4.78, 5) is 24.5. The second kappa shape index (κ2) is 6.13. The van der Waals surface area contributed by atoms with Crippen LogP contribution in [0.4, 0.5) is 0 Å². The molecule has 1 heterocycles. The lowest BCUT2D eigenvalue weighted by Gasteiger charge is -2.33. The van der Waals surface area contributed by atoms with Crippen LogP contribution in [0.2, 0.25) is 0 Å². The first-order valence-corrected chi connectivity index (χ1v) is 8.88. The van der Waals surface area contributed by atoms with E-state index in [4.69, 9.17) is 9.47 Å². The van der Waals surface area contributed by atoms with Crippen molar-refractivity contribution in [3.63, 3.8) is 0 Å². The number of allylic oxidation sites excluding steroid dienone is 1. The molecule has 136 valence electrons. The second-order valence-electron chi connectivity index (χ2n) is 7.68. The lowest BCUT2D eigenvalue weighted by atomic mass is 9.78. The van der Waals surface area contributed by atoms with E-state index < -0.39 is 29.7 Å². The Morgan fingerprint density at radius 3 is 2.88 bits per heavy atom. The monoisotopic (exact) mass is 346 g/mol. The van der Waals surface area contributed by atoms with E-state index in [1.54, 1.807) is 13.0 Å². The summed E-state index contributed by atoms with van der Waals surface area (Å²) in [5.41, 5.74) is 1.22. The maximum atomic E-state index is 12.4. The third-order valence-corrected chi connectivity index (χ3v) is 5.84. The van der Waals surface area contributed by atoms with Gasteiger partial charge in [-0.15, -0.1) is 0 Å². The molecule has 1 aliphatic heterocycles. The first-order valence-electron chi connectivity index (χ1n) is 8.88. The van der Waals surface area contributed by atoms with Crippen molar-refractivity contribution in [2.45, 2.75) is 58.3 Å². The lowest BCUT2D eigenvalue weighted by Crippen LogP contribution is -2.43. The fraction of sp³-hybridized carbons (Fsp3) is 0.600. The average molecular weight is 346 g/mol. The van der Waals surface area contributed by atoms with Crippen molar-refractivity contribution in [3.05, 3.63) is 35.5 Å². The van der Waals surface area contributed by atoms with E-state index in [9.17, 15) is 14.7 Å². The first kappa shape index (κ1) is 17.9. The summed E-state index contributed by atoms with van der Waals surface area (Å²) in [6.45, 7) is 11.3. The van der Waals surface area contributed by atoms with Crippen LogP contribution in [-0.4, -0.2) is 34.9 Å². The Kier molecular flexibility index (Phi) is 4.40. The molecule has 0 aromatic carbocycles. The van der Waals surface area contributed by atoms with Gasteiger partial charge in [0, 0.05) is 12.0 Å². The summed E-state index contributed by atoms with van der Waals surface area (Å²) in [5.74, 6) is -1.76. The van der Waals surface area contributed by atoms with Gasteiger partial charge in [-0.05, 0) is 25.8 Å². The Morgan fingerprint density at radius 2 is 2.24 bits per heavy atom. The zero-order valence-electron chi connectivity index (χ0n) is 15.2. The largest absolute Gasteiger partial charge is 0.461 e. The van der Waals surface area contributed by atoms with Crippen LogP contribution in [0, 0.1) is 17.8 Å². The highest BCUT2D eigenvalue weighted by atomic mass is 16.6. The van der Waals surface area contributed by atoms with Gasteiger partial charge in [-0.1, -0.05) is 38.2 Å². The molecule has 5 nitrogen and oxygen atoms in total. The summed E-state index contributed by atoms with van der Waals surface area (Å²) in [6, 6.07) is 0. The van der Waals surface area contributed by atoms with Crippen molar-refractivity contribution in [1.29, 1.82) is 0 Å². The molecule has 1 saturated heterocycles. The Hall–Kier alpha value is -1.88. The van der Waals surface area contributed by atoms with Crippen molar-refractivity contribution in [2.24, 2.45) is 17.8 Å². The first-order chi connectivity index (χ1) is 11.7. The van der Waals surface area contributed by atoms with Crippen LogP contribution in [0.5, 0.6) is 0 Å². The van der Waals surface area contributed by atoms with Crippen molar-refractivity contribution >= 4 is 11.9 Å². The van der Waals surface area contributed by atoms with E-state index in [1.807, 2.05) is 26.8 Å². The molecule has 3 aliphatic rings. The Balaban J connectivity index is 2.00. The minimum absolute atomic E-state index is 0.205. The zero-order valence-corrected chi connectivity index (χ0v) is 15.2. The maximum Gasteiger partial charge on any atom is 0.334 e. The predicted molar refractivity (Wildman–Crippen MR) is 92.4 cm³/mol. The minimum atomic E-state index is -1.11. The number of esters is 2. The van der Waals surface area contributed by atoms with Gasteiger partial charge in [-0.25, -0.2) is 4.79 Å². The fourth-order valence-corrected chi connectivity index (χ4v) is 4.11. The molecule has 6 unspecified atom stereocenters. The van der Waals surface area contributed by atoms with E-state index >= 15 is 0 Å². The van der Waals surface area contributed by atoms with Crippen molar-refractivity contribution in [1.82, 2.24) is 0 Å². The second-order valence-corrected chi connectivity index (χ2v) is 7.68. The van der Waals surface area contributed by atoms with E-state index in [2.05, 4.69) is 6.58 Å². The quantitative estimate of drug-likeness (QED) is 0.628. The summed E-state index contributed by atoms with van der Waals surface area (Å²) < 4.78 is 11.4. The van der Waals surface area contributed by atoms with Gasteiger partial charge in [0.15, 0.2) is 0 Å². The number of carbonyl (C=O) groups excluding carboxylic acids is 2. The molecular weight excluding hydrogens is 320 g/mol. The molecule has 5 heteroatoms. The normalized spacial score (nSPS) is 38.1. The number of hydrogen-bond acceptors (Lipinski definition) is 5. The molecule has 0 bridgehead atoms. The van der Waals surface area contributed by atoms with Gasteiger partial charge >= 0.3 is 11.9 Å². The molecule has 2 aliphatic carbocycles. The van der Waals surface area contributed by atoms with Crippen LogP contribution >= 0.6 is 0 Å². The topological polar surface area (TPSA) is 72.8 Å². The van der Waals surface area contributed by atoms with Crippen LogP contribution in [-0.2, 0) is 19.1 Å². The summed E-state index contributed by atoms with van der Waals surface area (Å²) in [6.07, 6.45) is 3.75. The molecule has 1 N–H and O–H groups in total. The summed E-state index contributed by atoms with van der Waals surface area (Å²) in [7, 11) is 0. The van der Waals surface area contributed by atoms with E-state index in [1.165, 1.54) is 0 Å². The van der Waals surface area contributed by atoms with Crippen molar-refractivity contribution < 1.29 is 24.2 Å². The average Bonchev–Trinajstić information content (AvgIpc) is 2.97. The Bertz CT molecular complexity index is 684. The van der Waals surface area contributed by atoms with E-state index in [0.29, 0.717) is 18.4 Å². The highest BCUT2D eigenvalue weighted by Crippen LogP contribution is 2.50. The molecule has 0 saturated carbocycles. The number of fused-ring (bicyclic) bond motifs is 3. The van der Waals surface area contributed by atoms with Crippen LogP contribution in [0.3, 0.4) is 0 Å². The van der Waals surface area contributed by atoms with Gasteiger partial charge in [0.1, 0.15) is 12.2 Å². The molecule has 0 aromatic heterocycles. The SMILES string of the molecule is C=C1C(=O)OC2C1C(OC(=O)C(C)CC)CC(C)=C1C=CC(C)(O)C12. The molecule has 3 rings (SSSR count). The Morgan fingerprint density at radius 1 is 1.56 bits per heavy atom. The lowest BCUT2D eigenvalue weighted by molar-refractivity contribution is -0.158. The number of ether oxygens (including phenoxy) is 2. The van der Waals surface area contributed by atoms with Gasteiger partial charge in [0.25, 0.3) is 0 Å². The molecule has 1 fully saturated rings. The zero-order chi connectivity index (χ0) is 18.5. The molecule has 0 spiro atoms. The van der Waals surface area contributed by atoms with Crippen LogP contribution in [0.15, 0.2) is 35.5 Å². The standard InChI is InChI=1S/C20H26O5/c1-6-10(2)18(21)24-14-9-11(3)13-7-8-20(5,23)16(13)17-15(14)12(4)19(22)25-17/h7-8,10,14-17,23H,4,6,9H2,1-3,5H3. The van der Waals surface area contributed by atoms with Gasteiger partial charge in [0.05, 0.1) is 23.4 Å². The number of rotatable bonds is 3. The Labute approximate surface area is 148 Å². The van der Waals surface area contributed by atoms with Crippen molar-refractivity contribution in [2.75, 3.05) is 0 Å². The van der Waals surface area contributed by atoms with Crippen LogP contribution < -0.4 is 0 Å². The van der Waals surface area contributed by atoms with Gasteiger partial charge in [-0.3, -0.25) is 4.79 Å². The highest BCUT2D eigenvalue weighted by molar-refractivity contribution is 5.91. The van der Waals surface area contributed by atoms with E-state index in [0.717, 1.165) is 11.1 Å². The van der Waals surface area contributed by atoms with Gasteiger partial charge in [-0.2, -0.15) is 0 Å². The predicted octanol–water partition coefficient (Wildman–Crippen LogP) is 2.70. The number of aliphatic hydroxyl groups is 1. The third kappa shape index (κ3) is 2.84. The van der Waals surface area contributed by atoms with E-state index in [-0.39, 0.29) is 17.8 Å². The van der Waals surface area contributed by atoms with Crippen molar-refractivity contribution in [3.8, 4) is 0 Å². The molecule has 0 amide bonds. The summed E-state index contributed by atoms with van der Waals surface area (Å²) >= 11 is 0. The third-order valence-electron chi connectivity index (χ3n) is 5.84. The molecule has 25 heavy (non-hydrogen) atoms. The minimum Gasteiger partial charge on any atom is -0.461 e. The fourth-order valence-electron chi connectivity index (χ4n) is 4.11. The number of carbonyl (C=O) groups is 2. The molecule has 6 atom stereocenters. The highest BCUT2D eigenvalue weighted by Gasteiger charge is 2.56. The summed E-state index contributed by atoms with van der Waals surface area (Å²) in [5, 5.41) is 10.8. The molecular formula is C20H26O5. The maximum absolute atomic E-state index is 12.4. The number of hydrogen-bond donors (Lipinski definition) is 1. The van der Waals surface area contributed by atoms with Gasteiger partial charge in [0.2, 0.25) is 0 Å². The van der Waals surface area contributed by atoms with Crippen LogP contribution in [0.25, 0.3) is 0 Å². The smallest absolute Gasteiger partial charge is 0.334 e.